The molecule has 2 N–H and O–H groups in total. The number of anilines is 2. The largest absolute Gasteiger partial charge is 0.454 e. The number of hydrogen-bond donors (Lipinski definition) is 1. The quantitative estimate of drug-likeness (QED) is 0.661. The Kier molecular flexibility index (Phi) is 4.75. The van der Waals surface area contributed by atoms with Crippen molar-refractivity contribution < 1.29 is 9.47 Å². The molecule has 0 amide bonds. The molecule has 0 bridgehead atoms. The number of nitrogens with two attached hydrogens (primary N) is 1. The number of nitrogen functional groups attached to an aromatic ring is 1. The van der Waals surface area contributed by atoms with E-state index in [0.717, 1.165) is 28.4 Å². The molecule has 9 nitrogen and oxygen atoms in total. The summed E-state index contributed by atoms with van der Waals surface area (Å²) in [5, 5.41) is 9.74. The highest BCUT2D eigenvalue weighted by Crippen LogP contribution is 2.35. The molecular formula is C21H21N7O2. The number of allylic oxidation sites excluding steroid dienone is 1. The predicted octanol–water partition coefficient (Wildman–Crippen LogP) is 2.72. The van der Waals surface area contributed by atoms with Crippen molar-refractivity contribution in [3.05, 3.63) is 47.0 Å². The molecule has 0 fully saturated rings. The number of aryl methyl sites for hydroxylation is 1. The van der Waals surface area contributed by atoms with Gasteiger partial charge in [0.15, 0.2) is 17.3 Å². The topological polar surface area (TPSA) is 115 Å². The van der Waals surface area contributed by atoms with Crippen molar-refractivity contribution in [2.75, 3.05) is 31.5 Å². The van der Waals surface area contributed by atoms with E-state index in [0.29, 0.717) is 17.3 Å². The number of hydrogen-bond acceptors (Lipinski definition) is 8. The van der Waals surface area contributed by atoms with Crippen molar-refractivity contribution in [3.8, 4) is 23.3 Å². The first kappa shape index (κ1) is 19.3. The summed E-state index contributed by atoms with van der Waals surface area (Å²) in [6.07, 6.45) is 1.76. The molecule has 4 rings (SSSR count). The zero-order valence-corrected chi connectivity index (χ0v) is 17.2. The average Bonchev–Trinajstić information content (AvgIpc) is 3.28. The van der Waals surface area contributed by atoms with Crippen molar-refractivity contribution in [1.29, 1.82) is 5.26 Å². The Balaban J connectivity index is 1.77. The average molecular weight is 403 g/mol. The van der Waals surface area contributed by atoms with Crippen LogP contribution in [-0.2, 0) is 0 Å². The van der Waals surface area contributed by atoms with E-state index in [9.17, 15) is 5.26 Å². The van der Waals surface area contributed by atoms with Crippen LogP contribution in [-0.4, -0.2) is 40.4 Å². The first-order valence-corrected chi connectivity index (χ1v) is 9.27. The highest BCUT2D eigenvalue weighted by atomic mass is 16.7. The lowest BCUT2D eigenvalue weighted by molar-refractivity contribution is 0.174. The number of ether oxygens (including phenoxy) is 2. The maximum absolute atomic E-state index is 9.74. The van der Waals surface area contributed by atoms with Gasteiger partial charge in [0.2, 0.25) is 18.7 Å². The van der Waals surface area contributed by atoms with Crippen LogP contribution in [0.5, 0.6) is 11.5 Å². The Morgan fingerprint density at radius 3 is 2.67 bits per heavy atom. The molecule has 0 atom stereocenters. The normalized spacial score (nSPS) is 12.7. The second-order valence-electron chi connectivity index (χ2n) is 7.08. The highest BCUT2D eigenvalue weighted by Gasteiger charge is 2.17. The summed E-state index contributed by atoms with van der Waals surface area (Å²) in [4.78, 5) is 14.3. The van der Waals surface area contributed by atoms with Crippen LogP contribution in [0.15, 0.2) is 24.3 Å². The van der Waals surface area contributed by atoms with Crippen LogP contribution in [0.3, 0.4) is 0 Å². The van der Waals surface area contributed by atoms with Crippen LogP contribution in [0.25, 0.3) is 17.3 Å². The molecule has 0 aliphatic carbocycles. The summed E-state index contributed by atoms with van der Waals surface area (Å²) in [5.74, 6) is 2.14. The maximum Gasteiger partial charge on any atom is 0.231 e. The molecule has 0 radical (unpaired) electrons. The van der Waals surface area contributed by atoms with Gasteiger partial charge in [0.25, 0.3) is 0 Å². The summed E-state index contributed by atoms with van der Waals surface area (Å²) in [7, 11) is 3.60. The molecule has 3 heterocycles. The Hall–Kier alpha value is -4.06. The lowest BCUT2D eigenvalue weighted by Crippen LogP contribution is -2.15. The van der Waals surface area contributed by atoms with Gasteiger partial charge in [-0.2, -0.15) is 20.2 Å². The van der Waals surface area contributed by atoms with Gasteiger partial charge in [-0.25, -0.2) is 0 Å². The van der Waals surface area contributed by atoms with E-state index in [2.05, 4.69) is 25.6 Å². The highest BCUT2D eigenvalue weighted by molar-refractivity contribution is 5.88. The molecule has 0 spiro atoms. The van der Waals surface area contributed by atoms with Gasteiger partial charge in [-0.3, -0.25) is 0 Å². The zero-order chi connectivity index (χ0) is 21.4. The molecule has 30 heavy (non-hydrogen) atoms. The fraction of sp³-hybridized carbons (Fsp3) is 0.238. The summed E-state index contributed by atoms with van der Waals surface area (Å²) < 4.78 is 13.0. The van der Waals surface area contributed by atoms with E-state index >= 15 is 0 Å². The molecule has 0 unspecified atom stereocenters. The van der Waals surface area contributed by atoms with Crippen molar-refractivity contribution in [3.63, 3.8) is 0 Å². The standard InChI is InChI=1S/C21H21N7O2/c1-12-7-14(8-15(10-22)19-24-20(23)26-21(25-19)27(3)4)13(2)28(12)16-5-6-17-18(9-16)30-11-29-17/h5-9H,11H2,1-4H3,(H2,23,24,25,26)/b15-8+. The number of aromatic nitrogens is 4. The molecule has 9 heteroatoms. The minimum absolute atomic E-state index is 0.0654. The molecule has 1 aliphatic heterocycles. The summed E-state index contributed by atoms with van der Waals surface area (Å²) in [6, 6.07) is 9.99. The molecular weight excluding hydrogens is 382 g/mol. The Labute approximate surface area is 174 Å². The molecule has 152 valence electrons. The third kappa shape index (κ3) is 3.39. The van der Waals surface area contributed by atoms with E-state index in [-0.39, 0.29) is 18.6 Å². The van der Waals surface area contributed by atoms with E-state index in [1.807, 2.05) is 38.1 Å². The van der Waals surface area contributed by atoms with Crippen molar-refractivity contribution >= 4 is 23.5 Å². The van der Waals surface area contributed by atoms with Crippen molar-refractivity contribution in [2.24, 2.45) is 0 Å². The molecule has 2 aromatic heterocycles. The predicted molar refractivity (Wildman–Crippen MR) is 113 cm³/mol. The maximum atomic E-state index is 9.74. The van der Waals surface area contributed by atoms with Gasteiger partial charge in [-0.15, -0.1) is 0 Å². The van der Waals surface area contributed by atoms with Gasteiger partial charge >= 0.3 is 0 Å². The number of rotatable bonds is 4. The molecule has 3 aromatic rings. The molecule has 1 aliphatic rings. The van der Waals surface area contributed by atoms with Crippen molar-refractivity contribution in [1.82, 2.24) is 19.5 Å². The lowest BCUT2D eigenvalue weighted by atomic mass is 10.1. The van der Waals surface area contributed by atoms with Crippen LogP contribution >= 0.6 is 0 Å². The molecule has 0 saturated carbocycles. The lowest BCUT2D eigenvalue weighted by Gasteiger charge is -2.11. The minimum atomic E-state index is 0.0654. The summed E-state index contributed by atoms with van der Waals surface area (Å²) >= 11 is 0. The Morgan fingerprint density at radius 1 is 1.17 bits per heavy atom. The summed E-state index contributed by atoms with van der Waals surface area (Å²) in [6.45, 7) is 4.23. The van der Waals surface area contributed by atoms with Gasteiger partial charge in [-0.05, 0) is 43.7 Å². The fourth-order valence-electron chi connectivity index (χ4n) is 3.36. The van der Waals surface area contributed by atoms with Gasteiger partial charge < -0.3 is 24.7 Å². The number of benzene rings is 1. The van der Waals surface area contributed by atoms with Crippen LogP contribution < -0.4 is 20.1 Å². The third-order valence-electron chi connectivity index (χ3n) is 4.79. The van der Waals surface area contributed by atoms with E-state index < -0.39 is 0 Å². The first-order valence-electron chi connectivity index (χ1n) is 9.27. The Morgan fingerprint density at radius 2 is 1.93 bits per heavy atom. The Bertz CT molecular complexity index is 1200. The summed E-state index contributed by atoms with van der Waals surface area (Å²) in [5.41, 5.74) is 9.93. The van der Waals surface area contributed by atoms with E-state index in [1.54, 1.807) is 25.1 Å². The van der Waals surface area contributed by atoms with E-state index in [4.69, 9.17) is 15.2 Å². The molecule has 1 aromatic carbocycles. The van der Waals surface area contributed by atoms with Gasteiger partial charge in [0, 0.05) is 37.2 Å². The first-order chi connectivity index (χ1) is 14.4. The monoisotopic (exact) mass is 403 g/mol. The third-order valence-corrected chi connectivity index (χ3v) is 4.79. The van der Waals surface area contributed by atoms with Gasteiger partial charge in [0.05, 0.1) is 5.57 Å². The van der Waals surface area contributed by atoms with E-state index in [1.165, 1.54) is 0 Å². The second-order valence-corrected chi connectivity index (χ2v) is 7.08. The van der Waals surface area contributed by atoms with Gasteiger partial charge in [0.1, 0.15) is 6.07 Å². The number of nitriles is 1. The fourth-order valence-corrected chi connectivity index (χ4v) is 3.36. The second kappa shape index (κ2) is 7.40. The van der Waals surface area contributed by atoms with Gasteiger partial charge in [-0.1, -0.05) is 0 Å². The van der Waals surface area contributed by atoms with Crippen LogP contribution in [0.2, 0.25) is 0 Å². The SMILES string of the molecule is Cc1cc(/C=C(\C#N)c2nc(N)nc(N(C)C)n2)c(C)n1-c1ccc2c(c1)OCO2. The number of fused-ring (bicyclic) bond motifs is 1. The molecule has 0 saturated heterocycles. The smallest absolute Gasteiger partial charge is 0.231 e. The minimum Gasteiger partial charge on any atom is -0.454 e. The zero-order valence-electron chi connectivity index (χ0n) is 17.2. The van der Waals surface area contributed by atoms with Crippen LogP contribution in [0, 0.1) is 25.2 Å². The van der Waals surface area contributed by atoms with Crippen molar-refractivity contribution in [2.45, 2.75) is 13.8 Å². The van der Waals surface area contributed by atoms with Crippen LogP contribution in [0.1, 0.15) is 22.8 Å². The van der Waals surface area contributed by atoms with Crippen LogP contribution in [0.4, 0.5) is 11.9 Å². The number of nitrogens with zero attached hydrogens (tertiary/aromatic N) is 6.